The minimum atomic E-state index is -2.79. The molecule has 0 saturated heterocycles. The fourth-order valence-electron chi connectivity index (χ4n) is 8.14. The summed E-state index contributed by atoms with van der Waals surface area (Å²) in [5, 5.41) is 16.7. The molecule has 0 fully saturated rings. The van der Waals surface area contributed by atoms with Crippen LogP contribution in [0, 0.1) is 18.8 Å². The third-order valence-corrected chi connectivity index (χ3v) is 16.0. The van der Waals surface area contributed by atoms with Crippen molar-refractivity contribution in [3.05, 3.63) is 123 Å². The van der Waals surface area contributed by atoms with Crippen molar-refractivity contribution in [1.29, 1.82) is 0 Å². The van der Waals surface area contributed by atoms with E-state index in [2.05, 4.69) is 56.1 Å². The first-order chi connectivity index (χ1) is 24.1. The van der Waals surface area contributed by atoms with Crippen molar-refractivity contribution in [3.8, 4) is 5.88 Å². The lowest BCUT2D eigenvalue weighted by Crippen LogP contribution is -2.65. The van der Waals surface area contributed by atoms with Gasteiger partial charge in [-0.1, -0.05) is 63.2 Å². The number of fused-ring (bicyclic) bond motifs is 4. The molecule has 0 saturated carbocycles. The number of nitrogens with zero attached hydrogens (tertiary/aromatic N) is 3. The third-order valence-electron chi connectivity index (χ3n) is 11.5. The van der Waals surface area contributed by atoms with Crippen LogP contribution in [0.25, 0.3) is 0 Å². The third kappa shape index (κ3) is 5.77. The van der Waals surface area contributed by atoms with Crippen molar-refractivity contribution in [3.63, 3.8) is 0 Å². The smallest absolute Gasteiger partial charge is 0.265 e. The first-order valence-electron chi connectivity index (χ1n) is 17.7. The van der Waals surface area contributed by atoms with Crippen molar-refractivity contribution in [1.82, 2.24) is 15.0 Å². The van der Waals surface area contributed by atoms with Gasteiger partial charge in [0.15, 0.2) is 25.5 Å². The molecule has 0 bridgehead atoms. The second-order valence-electron chi connectivity index (χ2n) is 16.2. The van der Waals surface area contributed by atoms with E-state index in [1.807, 2.05) is 68.4 Å². The van der Waals surface area contributed by atoms with Crippen LogP contribution < -0.4 is 4.74 Å². The minimum absolute atomic E-state index is 0.0557. The van der Waals surface area contributed by atoms with Crippen LogP contribution in [0.2, 0.25) is 18.1 Å². The molecule has 7 rings (SSSR count). The van der Waals surface area contributed by atoms with Crippen LogP contribution in [0.5, 0.6) is 5.88 Å². The van der Waals surface area contributed by atoms with Gasteiger partial charge < -0.3 is 18.8 Å². The van der Waals surface area contributed by atoms with Gasteiger partial charge in [0.1, 0.15) is 17.9 Å². The van der Waals surface area contributed by atoms with Crippen molar-refractivity contribution in [2.24, 2.45) is 11.8 Å². The zero-order valence-corrected chi connectivity index (χ0v) is 31.7. The summed E-state index contributed by atoms with van der Waals surface area (Å²) < 4.78 is 19.4. The number of pyridine rings is 1. The van der Waals surface area contributed by atoms with Crippen LogP contribution in [-0.2, 0) is 23.9 Å². The van der Waals surface area contributed by atoms with Gasteiger partial charge in [0.05, 0.1) is 6.04 Å². The fourth-order valence-corrected chi connectivity index (χ4v) is 9.59. The first-order valence-corrected chi connectivity index (χ1v) is 20.6. The molecule has 0 spiro atoms. The second kappa shape index (κ2) is 12.7. The predicted octanol–water partition coefficient (Wildman–Crippen LogP) is 7.99. The number of ether oxygens (including phenoxy) is 1. The number of aryl methyl sites for hydroxylation is 1. The number of allylic oxidation sites excluding steroid dienone is 1. The van der Waals surface area contributed by atoms with E-state index in [9.17, 15) is 9.90 Å². The molecule has 0 radical (unpaired) electrons. The van der Waals surface area contributed by atoms with Gasteiger partial charge in [-0.15, -0.1) is 0 Å². The molecule has 3 aliphatic carbocycles. The fraction of sp³-hybridized carbons (Fsp3) is 0.415. The molecular weight excluding hydrogens is 659 g/mol. The Morgan fingerprint density at radius 1 is 1.00 bits per heavy atom. The molecule has 9 nitrogen and oxygen atoms in total. The zero-order chi connectivity index (χ0) is 36.5. The van der Waals surface area contributed by atoms with Gasteiger partial charge in [-0.3, -0.25) is 19.5 Å². The largest absolute Gasteiger partial charge is 0.508 e. The van der Waals surface area contributed by atoms with Gasteiger partial charge in [0.2, 0.25) is 5.78 Å². The Labute approximate surface area is 300 Å². The van der Waals surface area contributed by atoms with Crippen LogP contribution in [0.3, 0.4) is 0 Å². The Hall–Kier alpha value is -4.38. The van der Waals surface area contributed by atoms with E-state index in [0.717, 1.165) is 34.2 Å². The lowest BCUT2D eigenvalue weighted by atomic mass is 9.58. The maximum absolute atomic E-state index is 15.4. The van der Waals surface area contributed by atoms with Gasteiger partial charge in [-0.05, 0) is 109 Å². The molecule has 0 amide bonds. The van der Waals surface area contributed by atoms with Gasteiger partial charge in [-0.25, -0.2) is 0 Å². The molecule has 3 aliphatic rings. The lowest BCUT2D eigenvalue weighted by Gasteiger charge is -2.55. The maximum Gasteiger partial charge on any atom is 0.265 e. The second-order valence-corrected chi connectivity index (χ2v) is 20.9. The molecule has 2 aromatic carbocycles. The van der Waals surface area contributed by atoms with E-state index in [1.165, 1.54) is 0 Å². The van der Waals surface area contributed by atoms with Crippen LogP contribution in [0.1, 0.15) is 87.5 Å². The Morgan fingerprint density at radius 3 is 2.37 bits per heavy atom. The average molecular weight is 706 g/mol. The number of carbonyl (C=O) groups is 2. The van der Waals surface area contributed by atoms with Gasteiger partial charge >= 0.3 is 0 Å². The highest BCUT2D eigenvalue weighted by molar-refractivity contribution is 6.74. The van der Waals surface area contributed by atoms with E-state index >= 15 is 4.79 Å². The summed E-state index contributed by atoms with van der Waals surface area (Å²) in [6, 6.07) is 17.3. The van der Waals surface area contributed by atoms with Crippen LogP contribution in [0.4, 0.5) is 0 Å². The lowest BCUT2D eigenvalue weighted by molar-refractivity contribution is -0.0480. The number of aliphatic hydroxyl groups excluding tert-OH is 1. The topological polar surface area (TPSA) is 115 Å². The predicted molar refractivity (Wildman–Crippen MR) is 197 cm³/mol. The number of hydrogen-bond donors (Lipinski definition) is 1. The molecule has 4 aromatic rings. The molecular formula is C41H47N3O6Si. The summed E-state index contributed by atoms with van der Waals surface area (Å²) in [5.41, 5.74) is 4.16. The zero-order valence-electron chi connectivity index (χ0n) is 30.7. The van der Waals surface area contributed by atoms with Crippen molar-refractivity contribution < 1.29 is 28.4 Å². The number of aliphatic hydroxyl groups is 1. The number of benzene rings is 2. The highest BCUT2D eigenvalue weighted by atomic mass is 28.4. The Balaban J connectivity index is 1.39. The molecule has 10 heteroatoms. The monoisotopic (exact) mass is 705 g/mol. The summed E-state index contributed by atoms with van der Waals surface area (Å²) in [6.45, 7) is 12.6. The van der Waals surface area contributed by atoms with Gasteiger partial charge in [0, 0.05) is 29.4 Å². The van der Waals surface area contributed by atoms with E-state index in [-0.39, 0.29) is 46.1 Å². The summed E-state index contributed by atoms with van der Waals surface area (Å²) >= 11 is 0. The number of aromatic nitrogens is 2. The summed E-state index contributed by atoms with van der Waals surface area (Å²) in [4.78, 5) is 36.2. The summed E-state index contributed by atoms with van der Waals surface area (Å²) in [5.74, 6) is -1.43. The number of rotatable bonds is 8. The average Bonchev–Trinajstić information content (AvgIpc) is 3.48. The molecule has 51 heavy (non-hydrogen) atoms. The van der Waals surface area contributed by atoms with Crippen LogP contribution in [-0.4, -0.2) is 59.7 Å². The molecule has 2 aromatic heterocycles. The normalized spacial score (nSPS) is 23.1. The summed E-state index contributed by atoms with van der Waals surface area (Å²) in [6.07, 6.45) is 5.28. The molecule has 2 heterocycles. The Morgan fingerprint density at radius 2 is 1.71 bits per heavy atom. The summed E-state index contributed by atoms with van der Waals surface area (Å²) in [7, 11) is 1.07. The highest BCUT2D eigenvalue weighted by Crippen LogP contribution is 2.59. The van der Waals surface area contributed by atoms with Gasteiger partial charge in [0.25, 0.3) is 5.88 Å². The molecule has 0 unspecified atom stereocenters. The van der Waals surface area contributed by atoms with Crippen molar-refractivity contribution >= 4 is 19.9 Å². The van der Waals surface area contributed by atoms with E-state index in [0.29, 0.717) is 24.2 Å². The molecule has 266 valence electrons. The molecule has 4 atom stereocenters. The number of Topliss-reactive ketones (excluding diaryl/α,β-unsaturated/α-hetero) is 2. The number of hydrogen-bond acceptors (Lipinski definition) is 9. The van der Waals surface area contributed by atoms with Crippen molar-refractivity contribution in [2.75, 3.05) is 14.1 Å². The van der Waals surface area contributed by atoms with E-state index in [4.69, 9.17) is 13.7 Å². The van der Waals surface area contributed by atoms with Crippen molar-refractivity contribution in [2.45, 2.75) is 83.3 Å². The first kappa shape index (κ1) is 35.0. The van der Waals surface area contributed by atoms with Gasteiger partial charge in [-0.2, -0.15) is 0 Å². The Kier molecular flexibility index (Phi) is 8.71. The SMILES string of the molecule is Cc1cc(Cc2ccncc2)cc2c1C(=O)C1=C(O)[C@]3(O[Si](C)(C)C(C)(C)C)C(=O)c4c(OCc5ccccc5)noc4[C@@H](N(C)C)[C@@H]3C[C@@H]1C2. The van der Waals surface area contributed by atoms with E-state index < -0.39 is 31.7 Å². The standard InChI is InChI=1S/C41H47N3O6Si/c1-24-18-27(19-25-14-16-42-17-15-25)20-28-21-29-22-30-34(44(5)6)36-33(39(43-49-36)48-23-26-12-10-9-11-13-26)38(47)41(30,50-51(7,8)40(2,3)4)37(46)32(29)35(45)31(24)28/h9-18,20,29-30,34,46H,19,21-23H2,1-8H3/t29-,30-,34-,41-/m0/s1. The van der Waals surface area contributed by atoms with Crippen LogP contribution in [0.15, 0.2) is 82.8 Å². The highest BCUT2D eigenvalue weighted by Gasteiger charge is 2.67. The van der Waals surface area contributed by atoms with E-state index in [1.54, 1.807) is 12.4 Å². The Bertz CT molecular complexity index is 2030. The number of carbonyl (C=O) groups excluding carboxylic acids is 2. The molecule has 0 aliphatic heterocycles. The maximum atomic E-state index is 15.4. The minimum Gasteiger partial charge on any atom is -0.508 e. The quantitative estimate of drug-likeness (QED) is 0.182. The number of ketones is 2. The van der Waals surface area contributed by atoms with Crippen LogP contribution >= 0.6 is 0 Å². The molecule has 1 N–H and O–H groups in total.